The Hall–Kier alpha value is -13.2. The Morgan fingerprint density at radius 2 is 0.573 bits per heavy atom. The highest BCUT2D eigenvalue weighted by molar-refractivity contribution is 9.10. The highest BCUT2D eigenvalue weighted by atomic mass is 79.9. The zero-order valence-electron chi connectivity index (χ0n) is 56.0. The number of furan rings is 2. The van der Waals surface area contributed by atoms with Crippen LogP contribution >= 0.6 is 15.9 Å². The smallest absolute Gasteiger partial charge is 0.136 e. The van der Waals surface area contributed by atoms with Crippen molar-refractivity contribution in [1.82, 2.24) is 9.13 Å². The van der Waals surface area contributed by atoms with Crippen LogP contribution in [0.25, 0.3) is 143 Å². The van der Waals surface area contributed by atoms with Gasteiger partial charge in [0.15, 0.2) is 0 Å². The predicted molar refractivity (Wildman–Crippen MR) is 436 cm³/mol. The molecule has 0 radical (unpaired) electrons. The van der Waals surface area contributed by atoms with Crippen molar-refractivity contribution >= 4 is 132 Å². The van der Waals surface area contributed by atoms with Gasteiger partial charge in [-0.05, 0) is 178 Å². The molecule has 0 aliphatic heterocycles. The number of aromatic nitrogens is 2. The summed E-state index contributed by atoms with van der Waals surface area (Å²) in [4.78, 5) is 2.35. The van der Waals surface area contributed by atoms with E-state index in [9.17, 15) is 0 Å². The fraction of sp³-hybridized carbons (Fsp3) is 0. The molecule has 20 aromatic rings. The molecule has 4 heterocycles. The van der Waals surface area contributed by atoms with E-state index in [0.29, 0.717) is 0 Å². The average molecular weight is 1390 g/mol. The lowest BCUT2D eigenvalue weighted by molar-refractivity contribution is 0.668. The van der Waals surface area contributed by atoms with Gasteiger partial charge in [0, 0.05) is 87.4 Å². The third kappa shape index (κ3) is 11.9. The predicted octanol–water partition coefficient (Wildman–Crippen LogP) is 27.7. The molecule has 0 aliphatic carbocycles. The molecule has 0 saturated heterocycles. The van der Waals surface area contributed by atoms with Gasteiger partial charge in [-0.25, -0.2) is 0 Å². The monoisotopic (exact) mass is 1380 g/mol. The first kappa shape index (κ1) is 62.1. The maximum Gasteiger partial charge on any atom is 0.136 e. The molecule has 20 rings (SSSR count). The van der Waals surface area contributed by atoms with Gasteiger partial charge in [-0.15, -0.1) is 0 Å². The van der Waals surface area contributed by atoms with E-state index in [0.717, 1.165) is 88.2 Å². The molecule has 0 saturated carbocycles. The summed E-state index contributed by atoms with van der Waals surface area (Å²) >= 11 is 3.56. The lowest BCUT2D eigenvalue weighted by atomic mass is 9.99. The molecule has 0 unspecified atom stereocenters. The van der Waals surface area contributed by atoms with Crippen LogP contribution in [0.4, 0.5) is 28.4 Å². The number of hydrogen-bond acceptors (Lipinski definition) is 4. The molecule has 1 N–H and O–H groups in total. The Labute approximate surface area is 604 Å². The molecule has 0 spiro atoms. The van der Waals surface area contributed by atoms with Crippen LogP contribution < -0.4 is 10.2 Å². The number of halogens is 1. The number of para-hydroxylation sites is 6. The average Bonchev–Trinajstić information content (AvgIpc) is 1.59. The second-order valence-electron chi connectivity index (χ2n) is 25.7. The molecule has 0 bridgehead atoms. The van der Waals surface area contributed by atoms with E-state index in [1.54, 1.807) is 0 Å². The van der Waals surface area contributed by atoms with Gasteiger partial charge in [-0.1, -0.05) is 271 Å². The van der Waals surface area contributed by atoms with Crippen molar-refractivity contribution in [2.24, 2.45) is 0 Å². The summed E-state index contributed by atoms with van der Waals surface area (Å²) in [6.07, 6.45) is 0. The van der Waals surface area contributed by atoms with Crippen molar-refractivity contribution in [3.8, 4) is 55.9 Å². The van der Waals surface area contributed by atoms with Crippen LogP contribution in [0, 0.1) is 0 Å². The van der Waals surface area contributed by atoms with Crippen LogP contribution in [0.1, 0.15) is 0 Å². The van der Waals surface area contributed by atoms with E-state index in [2.05, 4.69) is 387 Å². The molecule has 0 aliphatic rings. The van der Waals surface area contributed by atoms with E-state index in [4.69, 9.17) is 8.83 Å². The minimum atomic E-state index is 0.903. The van der Waals surface area contributed by atoms with Crippen molar-refractivity contribution in [1.29, 1.82) is 0 Å². The maximum atomic E-state index is 6.22. The van der Waals surface area contributed by atoms with Gasteiger partial charge in [0.1, 0.15) is 22.3 Å². The van der Waals surface area contributed by atoms with Gasteiger partial charge in [0.05, 0.1) is 22.1 Å². The van der Waals surface area contributed by atoms with Crippen molar-refractivity contribution in [3.05, 3.63) is 393 Å². The second kappa shape index (κ2) is 27.1. The molecule has 4 aromatic heterocycles. The largest absolute Gasteiger partial charge is 0.456 e. The summed E-state index contributed by atoms with van der Waals surface area (Å²) < 4.78 is 18.1. The minimum absolute atomic E-state index is 0.903. The Kier molecular flexibility index (Phi) is 16.4. The lowest BCUT2D eigenvalue weighted by Crippen LogP contribution is -2.10. The highest BCUT2D eigenvalue weighted by Gasteiger charge is 2.20. The molecular weight excluding hydrogens is 1320 g/mol. The minimum Gasteiger partial charge on any atom is -0.456 e. The molecular formula is C96H65BrN4O2. The van der Waals surface area contributed by atoms with E-state index in [1.807, 2.05) is 36.4 Å². The topological polar surface area (TPSA) is 51.4 Å². The molecule has 0 amide bonds. The van der Waals surface area contributed by atoms with Crippen molar-refractivity contribution in [2.75, 3.05) is 10.2 Å². The number of benzene rings is 16. The van der Waals surface area contributed by atoms with Gasteiger partial charge < -0.3 is 28.2 Å². The van der Waals surface area contributed by atoms with Crippen molar-refractivity contribution < 1.29 is 8.83 Å². The number of nitrogens with zero attached hydrogens (tertiary/aromatic N) is 3. The van der Waals surface area contributed by atoms with Crippen LogP contribution in [0.3, 0.4) is 0 Å². The quantitative estimate of drug-likeness (QED) is 0.140. The van der Waals surface area contributed by atoms with Gasteiger partial charge in [0.2, 0.25) is 0 Å². The first-order valence-corrected chi connectivity index (χ1v) is 35.5. The summed E-state index contributed by atoms with van der Waals surface area (Å²) in [5.74, 6) is 0. The molecule has 488 valence electrons. The third-order valence-electron chi connectivity index (χ3n) is 19.5. The fourth-order valence-electron chi connectivity index (χ4n) is 14.8. The van der Waals surface area contributed by atoms with Crippen LogP contribution in [-0.4, -0.2) is 9.13 Å². The van der Waals surface area contributed by atoms with Crippen molar-refractivity contribution in [2.45, 2.75) is 0 Å². The number of fused-ring (bicyclic) bond motifs is 12. The summed E-state index contributed by atoms with van der Waals surface area (Å²) in [6, 6.07) is 137. The SMILES string of the molecule is Brc1cccc(-n2c3ccccc3c3ccccc32)c1.c1ccc(-c2ccc(N(c3ccc(-c4cccc5oc6ccccc6c45)cc3)c3cccc(-n4c5ccccc5c5ccccc54)c3)cc2)cc1.c1ccc(-c2ccc(Nc3ccc(-c4cccc5oc6ccccc6c45)cc3)cc2)cc1. The molecule has 16 aromatic carbocycles. The number of anilines is 5. The van der Waals surface area contributed by atoms with Gasteiger partial charge in [-0.3, -0.25) is 0 Å². The molecule has 7 heteroatoms. The van der Waals surface area contributed by atoms with Crippen LogP contribution in [0.15, 0.2) is 402 Å². The van der Waals surface area contributed by atoms with Gasteiger partial charge in [-0.2, -0.15) is 0 Å². The normalized spacial score (nSPS) is 11.3. The standard InChI is InChI=1S/C48H32N2O.C30H21NO.C18H12BrN/c1-2-12-33(13-3-1)34-24-28-36(29-25-34)49(37-30-26-35(27-31-37)40-19-11-23-47-48(40)43-18-6-9-22-46(43)51-47)38-14-10-15-39(32-38)50-44-20-7-4-16-41(44)42-17-5-8-21-45(42)50;1-2-7-21(8-3-1)22-13-17-24(18-14-22)31-25-19-15-23(16-20-25)26-10-6-12-29-30(26)27-9-4-5-11-28(27)32-29;19-13-6-5-7-14(12-13)20-17-10-3-1-8-15(17)16-9-2-4-11-18(16)20/h1-32H;1-20,31H;1-12H. The number of rotatable bonds is 11. The first-order chi connectivity index (χ1) is 51.0. The zero-order valence-corrected chi connectivity index (χ0v) is 57.6. The zero-order chi connectivity index (χ0) is 68.6. The van der Waals surface area contributed by atoms with E-state index < -0.39 is 0 Å². The lowest BCUT2D eigenvalue weighted by Gasteiger charge is -2.26. The number of hydrogen-bond donors (Lipinski definition) is 1. The molecule has 103 heavy (non-hydrogen) atoms. The van der Waals surface area contributed by atoms with E-state index >= 15 is 0 Å². The Bertz CT molecular complexity index is 6350. The summed E-state index contributed by atoms with van der Waals surface area (Å²) in [6.45, 7) is 0. The first-order valence-electron chi connectivity index (χ1n) is 34.7. The Morgan fingerprint density at radius 3 is 1.01 bits per heavy atom. The van der Waals surface area contributed by atoms with Gasteiger partial charge in [0.25, 0.3) is 0 Å². The Morgan fingerprint density at radius 1 is 0.243 bits per heavy atom. The van der Waals surface area contributed by atoms with Crippen LogP contribution in [0.2, 0.25) is 0 Å². The Balaban J connectivity index is 0.000000123. The number of nitrogens with one attached hydrogen (secondary N) is 1. The molecule has 6 nitrogen and oxygen atoms in total. The van der Waals surface area contributed by atoms with E-state index in [1.165, 1.54) is 88.1 Å². The highest BCUT2D eigenvalue weighted by Crippen LogP contribution is 2.43. The summed E-state index contributed by atoms with van der Waals surface area (Å²) in [5.41, 5.74) is 25.7. The molecule has 0 fully saturated rings. The maximum absolute atomic E-state index is 6.22. The van der Waals surface area contributed by atoms with E-state index in [-0.39, 0.29) is 0 Å². The second-order valence-corrected chi connectivity index (χ2v) is 26.6. The van der Waals surface area contributed by atoms with Gasteiger partial charge >= 0.3 is 0 Å². The molecule has 0 atom stereocenters. The van der Waals surface area contributed by atoms with Crippen LogP contribution in [-0.2, 0) is 0 Å². The summed E-state index contributed by atoms with van der Waals surface area (Å²) in [5, 5.41) is 13.2. The van der Waals surface area contributed by atoms with Crippen LogP contribution in [0.5, 0.6) is 0 Å². The fourth-order valence-corrected chi connectivity index (χ4v) is 15.2. The third-order valence-corrected chi connectivity index (χ3v) is 20.0. The van der Waals surface area contributed by atoms with Crippen molar-refractivity contribution in [3.63, 3.8) is 0 Å². The summed E-state index contributed by atoms with van der Waals surface area (Å²) in [7, 11) is 0.